The van der Waals surface area contributed by atoms with Crippen LogP contribution in [-0.2, 0) is 16.1 Å². The maximum absolute atomic E-state index is 11.9. The molecule has 1 heterocycles. The molecule has 0 fully saturated rings. The number of aromatic nitrogens is 1. The van der Waals surface area contributed by atoms with Gasteiger partial charge in [0.05, 0.1) is 38.2 Å². The lowest BCUT2D eigenvalue weighted by Crippen LogP contribution is -2.26. The molecule has 0 saturated heterocycles. The molecule has 0 N–H and O–H groups in total. The van der Waals surface area contributed by atoms with Crippen LogP contribution in [0.2, 0.25) is 0 Å². The van der Waals surface area contributed by atoms with Crippen LogP contribution < -0.4 is 14.4 Å². The second-order valence-electron chi connectivity index (χ2n) is 8.10. The minimum absolute atomic E-state index is 0.0417. The third-order valence-corrected chi connectivity index (χ3v) is 6.54. The Balaban J connectivity index is 1.61. The van der Waals surface area contributed by atoms with Gasteiger partial charge >= 0.3 is 5.97 Å². The predicted molar refractivity (Wildman–Crippen MR) is 144 cm³/mol. The number of azo groups is 1. The molecule has 0 atom stereocenters. The Kier molecular flexibility index (Phi) is 8.44. The fourth-order valence-electron chi connectivity index (χ4n) is 3.73. The van der Waals surface area contributed by atoms with Gasteiger partial charge in [-0.3, -0.25) is 14.9 Å². The van der Waals surface area contributed by atoms with E-state index >= 15 is 0 Å². The molecular weight excluding hydrogens is 510 g/mol. The number of benzene rings is 3. The van der Waals surface area contributed by atoms with Gasteiger partial charge in [0.1, 0.15) is 17.2 Å². The minimum Gasteiger partial charge on any atom is -0.497 e. The molecule has 0 amide bonds. The predicted octanol–water partition coefficient (Wildman–Crippen LogP) is 6.21. The highest BCUT2D eigenvalue weighted by molar-refractivity contribution is 7.11. The SMILES string of the molecule is COC(=O)CCN(Cc1ccc(OC)cc1)c1ccc(N=Nc2snc3ccc([N+](=O)[O-])cc23)c(OC)c1. The molecule has 4 rings (SSSR count). The summed E-state index contributed by atoms with van der Waals surface area (Å²) in [6.07, 6.45) is 0.209. The van der Waals surface area contributed by atoms with Crippen LogP contribution in [0.25, 0.3) is 10.9 Å². The second-order valence-corrected chi connectivity index (χ2v) is 8.85. The number of carbonyl (C=O) groups is 1. The van der Waals surface area contributed by atoms with Crippen LogP contribution in [0, 0.1) is 10.1 Å². The van der Waals surface area contributed by atoms with Gasteiger partial charge in [-0.25, -0.2) is 0 Å². The number of nitro benzene ring substituents is 1. The lowest BCUT2D eigenvalue weighted by atomic mass is 10.1. The molecule has 38 heavy (non-hydrogen) atoms. The Morgan fingerprint density at radius 2 is 1.82 bits per heavy atom. The van der Waals surface area contributed by atoms with E-state index in [1.165, 1.54) is 26.4 Å². The van der Waals surface area contributed by atoms with Crippen molar-refractivity contribution in [1.29, 1.82) is 0 Å². The van der Waals surface area contributed by atoms with Gasteiger partial charge in [-0.15, -0.1) is 10.2 Å². The van der Waals surface area contributed by atoms with E-state index in [0.29, 0.717) is 40.4 Å². The Bertz CT molecular complexity index is 1470. The van der Waals surface area contributed by atoms with Crippen LogP contribution in [0.1, 0.15) is 12.0 Å². The highest BCUT2D eigenvalue weighted by atomic mass is 32.1. The van der Waals surface area contributed by atoms with Crippen molar-refractivity contribution >= 4 is 50.5 Å². The van der Waals surface area contributed by atoms with Gasteiger partial charge in [0, 0.05) is 42.4 Å². The van der Waals surface area contributed by atoms with E-state index in [0.717, 1.165) is 28.5 Å². The molecule has 3 aromatic carbocycles. The fraction of sp³-hybridized carbons (Fsp3) is 0.231. The van der Waals surface area contributed by atoms with Crippen molar-refractivity contribution in [3.63, 3.8) is 0 Å². The number of hydrogen-bond acceptors (Lipinski definition) is 11. The molecule has 0 aliphatic heterocycles. The van der Waals surface area contributed by atoms with Crippen molar-refractivity contribution < 1.29 is 23.9 Å². The molecule has 0 unspecified atom stereocenters. The number of methoxy groups -OCH3 is 3. The number of esters is 1. The fourth-order valence-corrected chi connectivity index (χ4v) is 4.41. The molecule has 0 radical (unpaired) electrons. The number of nitro groups is 1. The van der Waals surface area contributed by atoms with E-state index in [2.05, 4.69) is 14.6 Å². The van der Waals surface area contributed by atoms with Crippen molar-refractivity contribution in [3.8, 4) is 11.5 Å². The van der Waals surface area contributed by atoms with Gasteiger partial charge in [0.25, 0.3) is 5.69 Å². The van der Waals surface area contributed by atoms with Crippen LogP contribution >= 0.6 is 11.5 Å². The summed E-state index contributed by atoms with van der Waals surface area (Å²) < 4.78 is 19.9. The van der Waals surface area contributed by atoms with Crippen molar-refractivity contribution in [2.45, 2.75) is 13.0 Å². The summed E-state index contributed by atoms with van der Waals surface area (Å²) in [4.78, 5) is 24.6. The minimum atomic E-state index is -0.461. The van der Waals surface area contributed by atoms with Crippen LogP contribution in [0.5, 0.6) is 11.5 Å². The average molecular weight is 536 g/mol. The molecule has 1 aromatic heterocycles. The zero-order valence-electron chi connectivity index (χ0n) is 21.0. The quantitative estimate of drug-likeness (QED) is 0.0960. The molecule has 196 valence electrons. The molecule has 0 saturated carbocycles. The summed E-state index contributed by atoms with van der Waals surface area (Å²) in [6, 6.07) is 17.6. The summed E-state index contributed by atoms with van der Waals surface area (Å²) in [5.74, 6) is 0.928. The standard InChI is InChI=1S/C26H25N5O6S/c1-35-20-8-4-17(5-9-20)16-30(13-12-25(32)37-3)18-6-11-23(24(15-18)36-2)27-28-26-21-14-19(31(33)34)7-10-22(21)29-38-26/h4-11,14-15H,12-13,16H2,1-3H3. The molecule has 0 aliphatic rings. The summed E-state index contributed by atoms with van der Waals surface area (Å²) in [7, 11) is 4.51. The summed E-state index contributed by atoms with van der Waals surface area (Å²) >= 11 is 1.10. The second kappa shape index (κ2) is 12.1. The molecule has 12 heteroatoms. The van der Waals surface area contributed by atoms with E-state index in [9.17, 15) is 14.9 Å². The van der Waals surface area contributed by atoms with E-state index in [4.69, 9.17) is 14.2 Å². The van der Waals surface area contributed by atoms with Crippen molar-refractivity contribution in [1.82, 2.24) is 4.37 Å². The first-order chi connectivity index (χ1) is 18.4. The number of carbonyl (C=O) groups excluding carboxylic acids is 1. The number of nitrogens with zero attached hydrogens (tertiary/aromatic N) is 5. The molecule has 0 spiro atoms. The average Bonchev–Trinajstić information content (AvgIpc) is 3.36. The Hall–Kier alpha value is -4.58. The Morgan fingerprint density at radius 3 is 2.50 bits per heavy atom. The lowest BCUT2D eigenvalue weighted by molar-refractivity contribution is -0.384. The zero-order chi connectivity index (χ0) is 27.1. The maximum Gasteiger partial charge on any atom is 0.307 e. The van der Waals surface area contributed by atoms with E-state index < -0.39 is 4.92 Å². The normalized spacial score (nSPS) is 11.0. The van der Waals surface area contributed by atoms with Crippen LogP contribution in [0.15, 0.2) is 70.9 Å². The van der Waals surface area contributed by atoms with E-state index in [-0.39, 0.29) is 18.1 Å². The van der Waals surface area contributed by atoms with Gasteiger partial charge in [0.2, 0.25) is 0 Å². The largest absolute Gasteiger partial charge is 0.497 e. The lowest BCUT2D eigenvalue weighted by Gasteiger charge is -2.25. The van der Waals surface area contributed by atoms with E-state index in [1.54, 1.807) is 19.2 Å². The Labute approximate surface area is 222 Å². The van der Waals surface area contributed by atoms with Gasteiger partial charge in [-0.2, -0.15) is 4.37 Å². The molecule has 11 nitrogen and oxygen atoms in total. The number of anilines is 1. The van der Waals surface area contributed by atoms with Crippen LogP contribution in [0.3, 0.4) is 0 Å². The maximum atomic E-state index is 11.9. The number of fused-ring (bicyclic) bond motifs is 1. The number of non-ortho nitro benzene ring substituents is 1. The number of ether oxygens (including phenoxy) is 3. The summed E-state index contributed by atoms with van der Waals surface area (Å²) in [6.45, 7) is 0.963. The van der Waals surface area contributed by atoms with Crippen molar-refractivity contribution in [3.05, 3.63) is 76.3 Å². The zero-order valence-corrected chi connectivity index (χ0v) is 21.8. The van der Waals surface area contributed by atoms with E-state index in [1.807, 2.05) is 41.3 Å². The number of hydrogen-bond donors (Lipinski definition) is 0. The van der Waals surface area contributed by atoms with Crippen LogP contribution in [0.4, 0.5) is 22.1 Å². The summed E-state index contributed by atoms with van der Waals surface area (Å²) in [5, 5.41) is 20.8. The molecular formula is C26H25N5O6S. The van der Waals surface area contributed by atoms with Crippen LogP contribution in [-0.4, -0.2) is 43.1 Å². The van der Waals surface area contributed by atoms with Gasteiger partial charge in [-0.1, -0.05) is 12.1 Å². The first-order valence-electron chi connectivity index (χ1n) is 11.5. The van der Waals surface area contributed by atoms with Gasteiger partial charge in [-0.05, 0) is 47.4 Å². The smallest absolute Gasteiger partial charge is 0.307 e. The molecule has 0 aliphatic carbocycles. The molecule has 0 bridgehead atoms. The first-order valence-corrected chi connectivity index (χ1v) is 12.3. The third-order valence-electron chi connectivity index (χ3n) is 5.77. The van der Waals surface area contributed by atoms with Crippen molar-refractivity contribution in [2.24, 2.45) is 10.2 Å². The monoisotopic (exact) mass is 535 g/mol. The molecule has 4 aromatic rings. The third kappa shape index (κ3) is 6.21. The highest BCUT2D eigenvalue weighted by Gasteiger charge is 2.15. The topological polar surface area (TPSA) is 129 Å². The van der Waals surface area contributed by atoms with Crippen molar-refractivity contribution in [2.75, 3.05) is 32.8 Å². The number of rotatable bonds is 11. The van der Waals surface area contributed by atoms with Gasteiger partial charge in [0.15, 0.2) is 5.00 Å². The summed E-state index contributed by atoms with van der Waals surface area (Å²) in [5.41, 5.74) is 2.89. The van der Waals surface area contributed by atoms with Gasteiger partial charge < -0.3 is 19.1 Å². The first kappa shape index (κ1) is 26.5. The highest BCUT2D eigenvalue weighted by Crippen LogP contribution is 2.37. The Morgan fingerprint density at radius 1 is 1.03 bits per heavy atom.